The summed E-state index contributed by atoms with van der Waals surface area (Å²) in [6.45, 7) is 0.848. The molecule has 1 aliphatic heterocycles. The topological polar surface area (TPSA) is 41.6 Å². The highest BCUT2D eigenvalue weighted by atomic mass is 16.5. The van der Waals surface area contributed by atoms with E-state index in [2.05, 4.69) is 11.4 Å². The van der Waals surface area contributed by atoms with Crippen molar-refractivity contribution in [3.63, 3.8) is 0 Å². The fourth-order valence-corrected chi connectivity index (χ4v) is 2.69. The Morgan fingerprint density at radius 3 is 2.95 bits per heavy atom. The molecule has 1 aliphatic carbocycles. The maximum Gasteiger partial charge on any atom is 0.318 e. The molecular weight excluding hydrogens is 240 g/mol. The number of carbonyl (C=O) groups excluding carboxylic acids is 1. The molecule has 4 nitrogen and oxygen atoms in total. The second-order valence-corrected chi connectivity index (χ2v) is 5.35. The number of carbonyl (C=O) groups is 1. The number of hydrogen-bond acceptors (Lipinski definition) is 2. The molecule has 1 atom stereocenters. The van der Waals surface area contributed by atoms with Crippen LogP contribution in [0.3, 0.4) is 0 Å². The molecule has 1 unspecified atom stereocenters. The van der Waals surface area contributed by atoms with E-state index in [1.54, 1.807) is 7.11 Å². The fourth-order valence-electron chi connectivity index (χ4n) is 2.69. The van der Waals surface area contributed by atoms with Crippen LogP contribution in [0, 0.1) is 0 Å². The summed E-state index contributed by atoms with van der Waals surface area (Å²) in [7, 11) is 1.67. The molecule has 1 heterocycles. The van der Waals surface area contributed by atoms with Gasteiger partial charge in [0.05, 0.1) is 13.2 Å². The van der Waals surface area contributed by atoms with E-state index in [1.807, 2.05) is 23.1 Å². The van der Waals surface area contributed by atoms with Gasteiger partial charge >= 0.3 is 6.03 Å². The predicted molar refractivity (Wildman–Crippen MR) is 73.2 cm³/mol. The van der Waals surface area contributed by atoms with Crippen LogP contribution in [0.4, 0.5) is 4.79 Å². The zero-order valence-corrected chi connectivity index (χ0v) is 11.3. The molecule has 1 aromatic rings. The lowest BCUT2D eigenvalue weighted by Gasteiger charge is -2.25. The Morgan fingerprint density at radius 1 is 1.37 bits per heavy atom. The predicted octanol–water partition coefficient (Wildman–Crippen LogP) is 2.70. The van der Waals surface area contributed by atoms with Gasteiger partial charge in [-0.2, -0.15) is 0 Å². The molecule has 3 rings (SSSR count). The second kappa shape index (κ2) is 5.11. The Bertz CT molecular complexity index is 471. The van der Waals surface area contributed by atoms with Gasteiger partial charge in [0, 0.05) is 12.6 Å². The first-order valence-electron chi connectivity index (χ1n) is 6.99. The summed E-state index contributed by atoms with van der Waals surface area (Å²) >= 11 is 0. The number of methoxy groups -OCH3 is 1. The van der Waals surface area contributed by atoms with Crippen molar-refractivity contribution in [3.05, 3.63) is 29.8 Å². The minimum atomic E-state index is 0.0906. The van der Waals surface area contributed by atoms with Gasteiger partial charge in [-0.05, 0) is 43.4 Å². The van der Waals surface area contributed by atoms with Gasteiger partial charge in [-0.25, -0.2) is 4.79 Å². The largest absolute Gasteiger partial charge is 0.497 e. The Morgan fingerprint density at radius 2 is 2.21 bits per heavy atom. The molecule has 1 N–H and O–H groups in total. The van der Waals surface area contributed by atoms with Crippen molar-refractivity contribution in [1.82, 2.24) is 10.2 Å². The average Bonchev–Trinajstić information content (AvgIpc) is 3.11. The number of urea groups is 1. The van der Waals surface area contributed by atoms with Crippen LogP contribution in [-0.4, -0.2) is 30.6 Å². The minimum absolute atomic E-state index is 0.0906. The molecule has 0 spiro atoms. The molecule has 2 fully saturated rings. The standard InChI is InChI=1S/C15H20N2O2/c1-19-13-5-2-4-11(10-13)14-6-3-9-17(14)15(18)16-12-7-8-12/h2,4-5,10,12,14H,3,6-9H2,1H3,(H,16,18). The van der Waals surface area contributed by atoms with Gasteiger partial charge in [0.25, 0.3) is 0 Å². The number of nitrogens with zero attached hydrogens (tertiary/aromatic N) is 1. The fraction of sp³-hybridized carbons (Fsp3) is 0.533. The van der Waals surface area contributed by atoms with Gasteiger partial charge in [0.1, 0.15) is 5.75 Å². The molecular formula is C15H20N2O2. The summed E-state index contributed by atoms with van der Waals surface area (Å²) in [5.41, 5.74) is 1.17. The Labute approximate surface area is 113 Å². The van der Waals surface area contributed by atoms with Crippen LogP contribution < -0.4 is 10.1 Å². The van der Waals surface area contributed by atoms with Gasteiger partial charge < -0.3 is 15.0 Å². The van der Waals surface area contributed by atoms with Crippen molar-refractivity contribution in [2.45, 2.75) is 37.8 Å². The van der Waals surface area contributed by atoms with E-state index in [4.69, 9.17) is 4.74 Å². The lowest BCUT2D eigenvalue weighted by Crippen LogP contribution is -2.40. The van der Waals surface area contributed by atoms with E-state index < -0.39 is 0 Å². The van der Waals surface area contributed by atoms with Crippen molar-refractivity contribution in [2.24, 2.45) is 0 Å². The quantitative estimate of drug-likeness (QED) is 0.908. The maximum atomic E-state index is 12.2. The zero-order valence-electron chi connectivity index (χ0n) is 11.3. The van der Waals surface area contributed by atoms with E-state index in [-0.39, 0.29) is 12.1 Å². The maximum absolute atomic E-state index is 12.2. The summed E-state index contributed by atoms with van der Waals surface area (Å²) in [6.07, 6.45) is 4.36. The minimum Gasteiger partial charge on any atom is -0.497 e. The number of benzene rings is 1. The Balaban J connectivity index is 1.75. The van der Waals surface area contributed by atoms with E-state index >= 15 is 0 Å². The zero-order chi connectivity index (χ0) is 13.2. The molecule has 102 valence electrons. The molecule has 1 saturated heterocycles. The molecule has 19 heavy (non-hydrogen) atoms. The van der Waals surface area contributed by atoms with Gasteiger partial charge in [0.2, 0.25) is 0 Å². The van der Waals surface area contributed by atoms with Gasteiger partial charge in [-0.1, -0.05) is 12.1 Å². The van der Waals surface area contributed by atoms with Crippen molar-refractivity contribution in [2.75, 3.05) is 13.7 Å². The smallest absolute Gasteiger partial charge is 0.318 e. The number of ether oxygens (including phenoxy) is 1. The summed E-state index contributed by atoms with van der Waals surface area (Å²) in [5.74, 6) is 0.854. The van der Waals surface area contributed by atoms with E-state index in [0.29, 0.717) is 6.04 Å². The second-order valence-electron chi connectivity index (χ2n) is 5.35. The summed E-state index contributed by atoms with van der Waals surface area (Å²) in [6, 6.07) is 8.74. The first-order valence-corrected chi connectivity index (χ1v) is 6.99. The lowest BCUT2D eigenvalue weighted by molar-refractivity contribution is 0.192. The monoisotopic (exact) mass is 260 g/mol. The highest BCUT2D eigenvalue weighted by Crippen LogP contribution is 2.33. The molecule has 0 aromatic heterocycles. The normalized spacial score (nSPS) is 22.4. The summed E-state index contributed by atoms with van der Waals surface area (Å²) in [5, 5.41) is 3.08. The molecule has 0 bridgehead atoms. The van der Waals surface area contributed by atoms with Gasteiger partial charge in [-0.15, -0.1) is 0 Å². The third-order valence-electron chi connectivity index (χ3n) is 3.90. The van der Waals surface area contributed by atoms with E-state index in [9.17, 15) is 4.79 Å². The van der Waals surface area contributed by atoms with Gasteiger partial charge in [-0.3, -0.25) is 0 Å². The van der Waals surface area contributed by atoms with Crippen molar-refractivity contribution in [1.29, 1.82) is 0 Å². The highest BCUT2D eigenvalue weighted by molar-refractivity contribution is 5.75. The molecule has 4 heteroatoms. The molecule has 0 radical (unpaired) electrons. The van der Waals surface area contributed by atoms with Crippen LogP contribution >= 0.6 is 0 Å². The number of nitrogens with one attached hydrogen (secondary N) is 1. The first kappa shape index (κ1) is 12.3. The highest BCUT2D eigenvalue weighted by Gasteiger charge is 2.33. The van der Waals surface area contributed by atoms with Crippen LogP contribution in [0.25, 0.3) is 0 Å². The number of likely N-dealkylation sites (tertiary alicyclic amines) is 1. The first-order chi connectivity index (χ1) is 9.28. The third kappa shape index (κ3) is 2.67. The van der Waals surface area contributed by atoms with Crippen molar-refractivity contribution >= 4 is 6.03 Å². The Kier molecular flexibility index (Phi) is 3.32. The third-order valence-corrected chi connectivity index (χ3v) is 3.90. The van der Waals surface area contributed by atoms with E-state index in [0.717, 1.165) is 38.0 Å². The lowest BCUT2D eigenvalue weighted by atomic mass is 10.0. The van der Waals surface area contributed by atoms with Crippen molar-refractivity contribution in [3.8, 4) is 5.75 Å². The van der Waals surface area contributed by atoms with Crippen LogP contribution in [-0.2, 0) is 0 Å². The molecule has 1 saturated carbocycles. The molecule has 2 amide bonds. The number of rotatable bonds is 3. The van der Waals surface area contributed by atoms with Crippen LogP contribution in [0.15, 0.2) is 24.3 Å². The Hall–Kier alpha value is -1.71. The summed E-state index contributed by atoms with van der Waals surface area (Å²) in [4.78, 5) is 14.2. The van der Waals surface area contributed by atoms with Crippen LogP contribution in [0.1, 0.15) is 37.3 Å². The van der Waals surface area contributed by atoms with Crippen molar-refractivity contribution < 1.29 is 9.53 Å². The number of amides is 2. The van der Waals surface area contributed by atoms with Gasteiger partial charge in [0.15, 0.2) is 0 Å². The van der Waals surface area contributed by atoms with Crippen LogP contribution in [0.5, 0.6) is 5.75 Å². The average molecular weight is 260 g/mol. The SMILES string of the molecule is COc1cccc(C2CCCN2C(=O)NC2CC2)c1. The molecule has 1 aromatic carbocycles. The van der Waals surface area contributed by atoms with Crippen LogP contribution in [0.2, 0.25) is 0 Å². The van der Waals surface area contributed by atoms with E-state index in [1.165, 1.54) is 5.56 Å². The molecule has 2 aliphatic rings. The number of hydrogen-bond donors (Lipinski definition) is 1. The summed E-state index contributed by atoms with van der Waals surface area (Å²) < 4.78 is 5.27.